The van der Waals surface area contributed by atoms with Crippen molar-refractivity contribution >= 4 is 0 Å². The minimum absolute atomic E-state index is 0.163. The lowest BCUT2D eigenvalue weighted by atomic mass is 9.49. The summed E-state index contributed by atoms with van der Waals surface area (Å²) in [7, 11) is 0. The molecule has 19 heavy (non-hydrogen) atoms. The Hall–Kier alpha value is -1.07. The predicted octanol–water partition coefficient (Wildman–Crippen LogP) is 2.64. The van der Waals surface area contributed by atoms with Crippen LogP contribution in [-0.4, -0.2) is 29.6 Å². The summed E-state index contributed by atoms with van der Waals surface area (Å²) in [6.45, 7) is -0.564. The van der Waals surface area contributed by atoms with Crippen LogP contribution in [0, 0.1) is 5.41 Å². The van der Waals surface area contributed by atoms with Gasteiger partial charge in [0.1, 0.15) is 0 Å². The molecule has 0 amide bonds. The van der Waals surface area contributed by atoms with Gasteiger partial charge in [-0.1, -0.05) is 30.3 Å². The van der Waals surface area contributed by atoms with Gasteiger partial charge in [0, 0.05) is 10.8 Å². The highest BCUT2D eigenvalue weighted by molar-refractivity contribution is 5.31. The molecule has 1 aliphatic rings. The molecule has 0 heterocycles. The van der Waals surface area contributed by atoms with E-state index < -0.39 is 23.4 Å². The van der Waals surface area contributed by atoms with Crippen LogP contribution in [0.15, 0.2) is 30.3 Å². The largest absolute Gasteiger partial charge is 0.396 e. The van der Waals surface area contributed by atoms with E-state index >= 15 is 0 Å². The Morgan fingerprint density at radius 1 is 1.00 bits per heavy atom. The SMILES string of the molecule is OCC1(CO)CC(CC(F)(F)F)(c2ccccc2)C1. The Morgan fingerprint density at radius 3 is 1.95 bits per heavy atom. The molecule has 5 heteroatoms. The zero-order valence-electron chi connectivity index (χ0n) is 10.5. The quantitative estimate of drug-likeness (QED) is 0.886. The summed E-state index contributed by atoms with van der Waals surface area (Å²) in [5.41, 5.74) is -1.16. The maximum Gasteiger partial charge on any atom is 0.389 e. The molecule has 0 saturated heterocycles. The van der Waals surface area contributed by atoms with Crippen LogP contribution in [0.2, 0.25) is 0 Å². The number of rotatable bonds is 4. The van der Waals surface area contributed by atoms with Crippen LogP contribution >= 0.6 is 0 Å². The summed E-state index contributed by atoms with van der Waals surface area (Å²) in [5, 5.41) is 18.5. The molecule has 2 N–H and O–H groups in total. The number of aliphatic hydroxyl groups excluding tert-OH is 2. The number of hydrogen-bond acceptors (Lipinski definition) is 2. The Labute approximate surface area is 109 Å². The van der Waals surface area contributed by atoms with Gasteiger partial charge >= 0.3 is 6.18 Å². The van der Waals surface area contributed by atoms with Gasteiger partial charge < -0.3 is 10.2 Å². The topological polar surface area (TPSA) is 40.5 Å². The molecule has 0 atom stereocenters. The second-order valence-electron chi connectivity index (χ2n) is 5.61. The third kappa shape index (κ3) is 2.77. The summed E-state index contributed by atoms with van der Waals surface area (Å²) >= 11 is 0. The van der Waals surface area contributed by atoms with Crippen LogP contribution in [0.5, 0.6) is 0 Å². The first-order valence-corrected chi connectivity index (χ1v) is 6.19. The highest BCUT2D eigenvalue weighted by Gasteiger charge is 2.58. The molecule has 0 aromatic heterocycles. The second-order valence-corrected chi connectivity index (χ2v) is 5.61. The summed E-state index contributed by atoms with van der Waals surface area (Å²) in [4.78, 5) is 0. The Kier molecular flexibility index (Phi) is 3.62. The number of halogens is 3. The van der Waals surface area contributed by atoms with E-state index in [0.717, 1.165) is 0 Å². The zero-order valence-corrected chi connectivity index (χ0v) is 10.5. The summed E-state index contributed by atoms with van der Waals surface area (Å²) in [5.74, 6) is 0. The fourth-order valence-corrected chi connectivity index (χ4v) is 3.26. The first kappa shape index (κ1) is 14.3. The highest BCUT2D eigenvalue weighted by atomic mass is 19.4. The molecular formula is C14H17F3O2. The van der Waals surface area contributed by atoms with Crippen molar-refractivity contribution < 1.29 is 23.4 Å². The molecule has 0 aliphatic heterocycles. The van der Waals surface area contributed by atoms with E-state index in [0.29, 0.717) is 5.56 Å². The van der Waals surface area contributed by atoms with E-state index in [2.05, 4.69) is 0 Å². The van der Waals surface area contributed by atoms with Gasteiger partial charge in [0.05, 0.1) is 19.6 Å². The lowest BCUT2D eigenvalue weighted by Crippen LogP contribution is -2.55. The average molecular weight is 274 g/mol. The predicted molar refractivity (Wildman–Crippen MR) is 64.6 cm³/mol. The van der Waals surface area contributed by atoms with Crippen LogP contribution in [0.4, 0.5) is 13.2 Å². The van der Waals surface area contributed by atoms with Crippen molar-refractivity contribution in [3.63, 3.8) is 0 Å². The highest BCUT2D eigenvalue weighted by Crippen LogP contribution is 2.59. The maximum absolute atomic E-state index is 12.8. The molecule has 1 aliphatic carbocycles. The molecule has 1 fully saturated rings. The normalized spacial score (nSPS) is 20.9. The summed E-state index contributed by atoms with van der Waals surface area (Å²) < 4.78 is 38.4. The van der Waals surface area contributed by atoms with E-state index in [1.165, 1.54) is 0 Å². The minimum Gasteiger partial charge on any atom is -0.396 e. The van der Waals surface area contributed by atoms with Crippen molar-refractivity contribution in [3.8, 4) is 0 Å². The number of aliphatic hydroxyl groups is 2. The monoisotopic (exact) mass is 274 g/mol. The van der Waals surface area contributed by atoms with E-state index in [4.69, 9.17) is 0 Å². The zero-order chi connectivity index (χ0) is 14.1. The van der Waals surface area contributed by atoms with Crippen LogP contribution in [0.3, 0.4) is 0 Å². The van der Waals surface area contributed by atoms with Crippen LogP contribution in [-0.2, 0) is 5.41 Å². The first-order chi connectivity index (χ1) is 8.85. The molecule has 1 aromatic rings. The lowest BCUT2D eigenvalue weighted by molar-refractivity contribution is -0.178. The van der Waals surface area contributed by atoms with Crippen molar-refractivity contribution in [2.45, 2.75) is 30.9 Å². The second kappa shape index (κ2) is 4.80. The molecule has 2 nitrogen and oxygen atoms in total. The van der Waals surface area contributed by atoms with Gasteiger partial charge in [0.15, 0.2) is 0 Å². The van der Waals surface area contributed by atoms with E-state index in [1.54, 1.807) is 30.3 Å². The van der Waals surface area contributed by atoms with E-state index in [9.17, 15) is 23.4 Å². The smallest absolute Gasteiger partial charge is 0.389 e. The maximum atomic E-state index is 12.8. The van der Waals surface area contributed by atoms with Crippen LogP contribution in [0.1, 0.15) is 24.8 Å². The third-order valence-electron chi connectivity index (χ3n) is 4.02. The Morgan fingerprint density at radius 2 is 1.53 bits per heavy atom. The standard InChI is InChI=1S/C14H17F3O2/c15-14(16,17)8-13(11-4-2-1-3-5-11)6-12(7-13,9-18)10-19/h1-5,18-19H,6-10H2. The molecule has 0 bridgehead atoms. The van der Waals surface area contributed by atoms with Crippen molar-refractivity contribution in [2.24, 2.45) is 5.41 Å². The van der Waals surface area contributed by atoms with Gasteiger partial charge in [-0.3, -0.25) is 0 Å². The number of alkyl halides is 3. The van der Waals surface area contributed by atoms with Crippen molar-refractivity contribution in [1.29, 1.82) is 0 Å². The Bertz CT molecular complexity index is 416. The fourth-order valence-electron chi connectivity index (χ4n) is 3.26. The average Bonchev–Trinajstić information content (AvgIpc) is 2.33. The van der Waals surface area contributed by atoms with Crippen LogP contribution < -0.4 is 0 Å². The van der Waals surface area contributed by atoms with Gasteiger partial charge in [0.2, 0.25) is 0 Å². The van der Waals surface area contributed by atoms with Crippen molar-refractivity contribution in [2.75, 3.05) is 13.2 Å². The van der Waals surface area contributed by atoms with Gasteiger partial charge in [-0.15, -0.1) is 0 Å². The fraction of sp³-hybridized carbons (Fsp3) is 0.571. The van der Waals surface area contributed by atoms with Gasteiger partial charge in [0.25, 0.3) is 0 Å². The summed E-state index contributed by atoms with van der Waals surface area (Å²) in [6, 6.07) is 8.56. The molecule has 2 rings (SSSR count). The summed E-state index contributed by atoms with van der Waals surface area (Å²) in [6.07, 6.45) is -4.84. The Balaban J connectivity index is 2.28. The van der Waals surface area contributed by atoms with E-state index in [1.807, 2.05) is 0 Å². The molecule has 0 radical (unpaired) electrons. The molecule has 106 valence electrons. The molecular weight excluding hydrogens is 257 g/mol. The molecule has 1 saturated carbocycles. The molecule has 0 spiro atoms. The number of benzene rings is 1. The van der Waals surface area contributed by atoms with Crippen molar-refractivity contribution in [1.82, 2.24) is 0 Å². The molecule has 1 aromatic carbocycles. The van der Waals surface area contributed by atoms with Crippen molar-refractivity contribution in [3.05, 3.63) is 35.9 Å². The number of hydrogen-bond donors (Lipinski definition) is 2. The van der Waals surface area contributed by atoms with Gasteiger partial charge in [-0.05, 0) is 18.4 Å². The van der Waals surface area contributed by atoms with Gasteiger partial charge in [-0.25, -0.2) is 0 Å². The first-order valence-electron chi connectivity index (χ1n) is 6.19. The van der Waals surface area contributed by atoms with Crippen LogP contribution in [0.25, 0.3) is 0 Å². The minimum atomic E-state index is -4.26. The van der Waals surface area contributed by atoms with Gasteiger partial charge in [-0.2, -0.15) is 13.2 Å². The third-order valence-corrected chi connectivity index (χ3v) is 4.02. The lowest BCUT2D eigenvalue weighted by Gasteiger charge is -2.55. The van der Waals surface area contributed by atoms with E-state index in [-0.39, 0.29) is 26.1 Å². The molecule has 0 unspecified atom stereocenters.